The summed E-state index contributed by atoms with van der Waals surface area (Å²) in [4.78, 5) is 10.9. The minimum atomic E-state index is -1.46. The second-order valence-corrected chi connectivity index (χ2v) is 10.1. The molecule has 2 rings (SSSR count). The molecule has 0 radical (unpaired) electrons. The van der Waals surface area contributed by atoms with E-state index in [1.165, 1.54) is 16.8 Å². The second-order valence-electron chi connectivity index (χ2n) is 5.71. The van der Waals surface area contributed by atoms with Crippen LogP contribution < -0.4 is 5.19 Å². The van der Waals surface area contributed by atoms with Gasteiger partial charge in [-0.3, -0.25) is 0 Å². The van der Waals surface area contributed by atoms with Crippen LogP contribution in [0.1, 0.15) is 18.9 Å². The molecule has 90 valence electrons. The van der Waals surface area contributed by atoms with Gasteiger partial charge in [-0.05, 0) is 23.1 Å². The lowest BCUT2D eigenvalue weighted by Crippen LogP contribution is -2.41. The van der Waals surface area contributed by atoms with Crippen molar-refractivity contribution in [3.63, 3.8) is 0 Å². The molecule has 2 atom stereocenters. The molecule has 0 saturated carbocycles. The maximum Gasteiger partial charge on any atom is 0.120 e. The normalized spacial score (nSPS) is 30.9. The predicted octanol–water partition coefficient (Wildman–Crippen LogP) is 3.02. The molecule has 1 aliphatic rings. The Balaban J connectivity index is 2.53. The molecule has 0 aliphatic carbocycles. The summed E-state index contributed by atoms with van der Waals surface area (Å²) in [5.41, 5.74) is 1.46. The van der Waals surface area contributed by atoms with Crippen molar-refractivity contribution >= 4 is 19.5 Å². The number of carbonyl (C=O) groups excluding carboxylic acids is 1. The van der Waals surface area contributed by atoms with Crippen LogP contribution in [0.25, 0.3) is 0 Å². The minimum absolute atomic E-state index is 0.0579. The number of hydrogen-bond donors (Lipinski definition) is 0. The molecule has 0 unspecified atom stereocenters. The quantitative estimate of drug-likeness (QED) is 0.452. The summed E-state index contributed by atoms with van der Waals surface area (Å²) in [6.45, 7) is 8.56. The summed E-state index contributed by atoms with van der Waals surface area (Å²) in [7, 11) is -1.46. The summed E-state index contributed by atoms with van der Waals surface area (Å²) in [5.74, 6) is 0. The van der Waals surface area contributed by atoms with Crippen molar-refractivity contribution in [2.24, 2.45) is 0 Å². The van der Waals surface area contributed by atoms with Crippen molar-refractivity contribution in [1.82, 2.24) is 0 Å². The summed E-state index contributed by atoms with van der Waals surface area (Å²) in [5, 5.41) is 1.53. The molecule has 1 heterocycles. The predicted molar refractivity (Wildman–Crippen MR) is 75.5 cm³/mol. The molecule has 1 aliphatic heterocycles. The first-order chi connectivity index (χ1) is 8.06. The maximum atomic E-state index is 10.9. The molecule has 1 aromatic carbocycles. The van der Waals surface area contributed by atoms with Crippen molar-refractivity contribution in [1.29, 1.82) is 0 Å². The lowest BCUT2D eigenvalue weighted by molar-refractivity contribution is -0.108. The van der Waals surface area contributed by atoms with Crippen LogP contribution in [0, 0.1) is 0 Å². The zero-order chi connectivity index (χ0) is 12.5. The molecule has 2 heteroatoms. The Bertz CT molecular complexity index is 413. The van der Waals surface area contributed by atoms with E-state index >= 15 is 0 Å². The SMILES string of the molecule is C=CC[Si@@]1(C)C[C@@](C)(CC=O)c2ccccc21. The zero-order valence-electron chi connectivity index (χ0n) is 10.7. The van der Waals surface area contributed by atoms with Gasteiger partial charge in [-0.2, -0.15) is 0 Å². The summed E-state index contributed by atoms with van der Waals surface area (Å²) < 4.78 is 0. The molecule has 1 nitrogen and oxygen atoms in total. The van der Waals surface area contributed by atoms with Crippen molar-refractivity contribution in [2.75, 3.05) is 0 Å². The van der Waals surface area contributed by atoms with Gasteiger partial charge in [-0.25, -0.2) is 0 Å². The fraction of sp³-hybridized carbons (Fsp3) is 0.400. The Kier molecular flexibility index (Phi) is 3.08. The maximum absolute atomic E-state index is 10.9. The van der Waals surface area contributed by atoms with E-state index < -0.39 is 8.07 Å². The number of fused-ring (bicyclic) bond motifs is 1. The van der Waals surface area contributed by atoms with Crippen molar-refractivity contribution < 1.29 is 4.79 Å². The molecule has 0 saturated heterocycles. The van der Waals surface area contributed by atoms with E-state index in [-0.39, 0.29) is 5.41 Å². The first-order valence-corrected chi connectivity index (χ1v) is 9.12. The Hall–Kier alpha value is -1.15. The van der Waals surface area contributed by atoms with E-state index in [9.17, 15) is 4.79 Å². The first kappa shape index (κ1) is 12.3. The first-order valence-electron chi connectivity index (χ1n) is 6.20. The minimum Gasteiger partial charge on any atom is -0.303 e. The highest BCUT2D eigenvalue weighted by atomic mass is 28.3. The standard InChI is InChI=1S/C15H20OSi/c1-4-11-17(3)12-15(2,9-10-16)13-7-5-6-8-14(13)17/h4-8,10H,1,9,11-12H2,2-3H3/t15-,17+/m1/s1. The van der Waals surface area contributed by atoms with Gasteiger partial charge >= 0.3 is 0 Å². The monoisotopic (exact) mass is 244 g/mol. The molecule has 0 aromatic heterocycles. The van der Waals surface area contributed by atoms with Gasteiger partial charge in [0.25, 0.3) is 0 Å². The highest BCUT2D eigenvalue weighted by Gasteiger charge is 2.47. The van der Waals surface area contributed by atoms with Crippen LogP contribution in [0.3, 0.4) is 0 Å². The average Bonchev–Trinajstić information content (AvgIpc) is 2.50. The third-order valence-corrected chi connectivity index (χ3v) is 8.62. The molecule has 0 fully saturated rings. The van der Waals surface area contributed by atoms with Crippen LogP contribution in [0.2, 0.25) is 18.6 Å². The van der Waals surface area contributed by atoms with Crippen molar-refractivity contribution in [3.8, 4) is 0 Å². The largest absolute Gasteiger partial charge is 0.303 e. The molecule has 17 heavy (non-hydrogen) atoms. The Morgan fingerprint density at radius 1 is 1.47 bits per heavy atom. The summed E-state index contributed by atoms with van der Waals surface area (Å²) in [6.07, 6.45) is 3.77. The van der Waals surface area contributed by atoms with Gasteiger partial charge in [-0.15, -0.1) is 6.58 Å². The molecule has 0 bridgehead atoms. The molecule has 0 spiro atoms. The summed E-state index contributed by atoms with van der Waals surface area (Å²) in [6, 6.07) is 11.0. The molecular weight excluding hydrogens is 224 g/mol. The molecule has 1 aromatic rings. The Morgan fingerprint density at radius 3 is 2.82 bits per heavy atom. The van der Waals surface area contributed by atoms with Crippen LogP contribution in [-0.4, -0.2) is 14.4 Å². The number of carbonyl (C=O) groups is 1. The number of hydrogen-bond acceptors (Lipinski definition) is 1. The van der Waals surface area contributed by atoms with Crippen LogP contribution in [0.5, 0.6) is 0 Å². The van der Waals surface area contributed by atoms with E-state index in [1.54, 1.807) is 0 Å². The third-order valence-electron chi connectivity index (χ3n) is 4.14. The fourth-order valence-electron chi connectivity index (χ4n) is 3.45. The van der Waals surface area contributed by atoms with Gasteiger partial charge in [0.15, 0.2) is 0 Å². The van der Waals surface area contributed by atoms with Gasteiger partial charge in [0.05, 0.1) is 8.07 Å². The lowest BCUT2D eigenvalue weighted by atomic mass is 9.82. The van der Waals surface area contributed by atoms with Crippen molar-refractivity contribution in [3.05, 3.63) is 42.5 Å². The van der Waals surface area contributed by atoms with Gasteiger partial charge in [0.2, 0.25) is 0 Å². The van der Waals surface area contributed by atoms with Gasteiger partial charge in [0, 0.05) is 6.42 Å². The van der Waals surface area contributed by atoms with E-state index in [0.29, 0.717) is 6.42 Å². The third kappa shape index (κ3) is 1.91. The van der Waals surface area contributed by atoms with Crippen LogP contribution >= 0.6 is 0 Å². The van der Waals surface area contributed by atoms with E-state index in [2.05, 4.69) is 50.4 Å². The number of rotatable bonds is 4. The fourth-order valence-corrected chi connectivity index (χ4v) is 8.24. The van der Waals surface area contributed by atoms with Gasteiger partial charge in [-0.1, -0.05) is 49.0 Å². The molecule has 0 N–H and O–H groups in total. The van der Waals surface area contributed by atoms with E-state index in [1.807, 2.05) is 0 Å². The van der Waals surface area contributed by atoms with Gasteiger partial charge < -0.3 is 4.79 Å². The number of aldehydes is 1. The average molecular weight is 244 g/mol. The zero-order valence-corrected chi connectivity index (χ0v) is 11.7. The smallest absolute Gasteiger partial charge is 0.120 e. The topological polar surface area (TPSA) is 17.1 Å². The van der Waals surface area contributed by atoms with E-state index in [0.717, 1.165) is 12.3 Å². The van der Waals surface area contributed by atoms with Crippen LogP contribution in [0.15, 0.2) is 36.9 Å². The van der Waals surface area contributed by atoms with Crippen LogP contribution in [0.4, 0.5) is 0 Å². The summed E-state index contributed by atoms with van der Waals surface area (Å²) >= 11 is 0. The Morgan fingerprint density at radius 2 is 2.18 bits per heavy atom. The second kappa shape index (κ2) is 4.26. The number of benzene rings is 1. The van der Waals surface area contributed by atoms with Gasteiger partial charge in [0.1, 0.15) is 6.29 Å². The van der Waals surface area contributed by atoms with Crippen molar-refractivity contribution in [2.45, 2.75) is 37.4 Å². The highest BCUT2D eigenvalue weighted by molar-refractivity contribution is 6.92. The molecular formula is C15H20OSi. The highest BCUT2D eigenvalue weighted by Crippen LogP contribution is 2.43. The Labute approximate surface area is 105 Å². The number of allylic oxidation sites excluding steroid dienone is 1. The lowest BCUT2D eigenvalue weighted by Gasteiger charge is -2.26. The van der Waals surface area contributed by atoms with E-state index in [4.69, 9.17) is 0 Å². The molecule has 0 amide bonds. The van der Waals surface area contributed by atoms with Crippen LogP contribution in [-0.2, 0) is 10.2 Å².